The topological polar surface area (TPSA) is 68.5 Å². The summed E-state index contributed by atoms with van der Waals surface area (Å²) in [6.07, 6.45) is 3.92. The second kappa shape index (κ2) is 6.53. The number of sulfone groups is 1. The van der Waals surface area contributed by atoms with Crippen LogP contribution in [0.15, 0.2) is 39.7 Å². The number of nitrogens with zero attached hydrogens (tertiary/aromatic N) is 2. The fraction of sp³-hybridized carbons (Fsp3) is 0.444. The molecular weight excluding hydrogens is 356 g/mol. The average Bonchev–Trinajstić information content (AvgIpc) is 3.20. The summed E-state index contributed by atoms with van der Waals surface area (Å²) >= 11 is 1.33. The zero-order valence-electron chi connectivity index (χ0n) is 14.7. The first-order chi connectivity index (χ1) is 11.8. The lowest BCUT2D eigenvalue weighted by Gasteiger charge is -2.26. The van der Waals surface area contributed by atoms with Crippen LogP contribution < -0.4 is 4.80 Å². The molecule has 2 aromatic rings. The molecule has 0 N–H and O–H groups in total. The Morgan fingerprint density at radius 2 is 1.92 bits per heavy atom. The molecule has 1 heterocycles. The number of rotatable bonds is 3. The van der Waals surface area contributed by atoms with Gasteiger partial charge in [0.2, 0.25) is 0 Å². The van der Waals surface area contributed by atoms with Crippen LogP contribution in [0, 0.1) is 13.8 Å². The maximum atomic E-state index is 13.5. The van der Waals surface area contributed by atoms with E-state index in [0.29, 0.717) is 23.2 Å². The van der Waals surface area contributed by atoms with Gasteiger partial charge in [-0.2, -0.15) is 4.99 Å². The van der Waals surface area contributed by atoms with E-state index in [4.69, 9.17) is 0 Å². The van der Waals surface area contributed by atoms with Crippen molar-refractivity contribution in [1.29, 1.82) is 0 Å². The van der Waals surface area contributed by atoms with Crippen LogP contribution in [-0.4, -0.2) is 23.6 Å². The van der Waals surface area contributed by atoms with Crippen LogP contribution in [0.3, 0.4) is 0 Å². The fourth-order valence-electron chi connectivity index (χ4n) is 3.37. The Labute approximate surface area is 152 Å². The van der Waals surface area contributed by atoms with Gasteiger partial charge >= 0.3 is 0 Å². The van der Waals surface area contributed by atoms with Gasteiger partial charge in [-0.15, -0.1) is 11.3 Å². The molecule has 1 aromatic heterocycles. The second-order valence-electron chi connectivity index (χ2n) is 6.69. The molecule has 0 atom stereocenters. The zero-order chi connectivity index (χ0) is 18.2. The van der Waals surface area contributed by atoms with Crippen molar-refractivity contribution in [3.05, 3.63) is 45.7 Å². The second-order valence-corrected chi connectivity index (χ2v) is 9.79. The van der Waals surface area contributed by atoms with Gasteiger partial charge in [-0.25, -0.2) is 8.42 Å². The van der Waals surface area contributed by atoms with Crippen molar-refractivity contribution < 1.29 is 13.2 Å². The van der Waals surface area contributed by atoms with Crippen LogP contribution >= 0.6 is 11.3 Å². The van der Waals surface area contributed by atoms with Gasteiger partial charge < -0.3 is 4.57 Å². The maximum Gasteiger partial charge on any atom is 0.270 e. The number of hydrogen-bond acceptors (Lipinski definition) is 4. The molecule has 1 aliphatic rings. The lowest BCUT2D eigenvalue weighted by molar-refractivity contribution is -0.120. The number of benzene rings is 1. The molecule has 134 valence electrons. The van der Waals surface area contributed by atoms with Gasteiger partial charge in [-0.05, 0) is 43.9 Å². The third kappa shape index (κ3) is 3.00. The first kappa shape index (κ1) is 18.1. The molecule has 0 radical (unpaired) electrons. The molecule has 7 heteroatoms. The van der Waals surface area contributed by atoms with Gasteiger partial charge in [-0.3, -0.25) is 4.79 Å². The molecule has 1 amide bonds. The number of aryl methyl sites for hydroxylation is 3. The summed E-state index contributed by atoms with van der Waals surface area (Å²) < 4.78 is 27.3. The Hall–Kier alpha value is -1.73. The molecule has 0 spiro atoms. The number of hydrogen-bond donors (Lipinski definition) is 0. The molecule has 1 saturated carbocycles. The highest BCUT2D eigenvalue weighted by atomic mass is 32.2. The van der Waals surface area contributed by atoms with Crippen molar-refractivity contribution in [2.75, 3.05) is 0 Å². The molecule has 25 heavy (non-hydrogen) atoms. The molecular formula is C18H22N2O3S2. The van der Waals surface area contributed by atoms with Crippen LogP contribution in [0.5, 0.6) is 0 Å². The number of carbonyl (C=O) groups excluding carboxylic acids is 1. The molecule has 0 saturated heterocycles. The Kier molecular flexibility index (Phi) is 4.72. The van der Waals surface area contributed by atoms with Crippen molar-refractivity contribution in [3.63, 3.8) is 0 Å². The van der Waals surface area contributed by atoms with Crippen LogP contribution in [0.4, 0.5) is 0 Å². The van der Waals surface area contributed by atoms with Crippen molar-refractivity contribution >= 4 is 27.1 Å². The number of carbonyl (C=O) groups is 1. The molecule has 0 aliphatic heterocycles. The summed E-state index contributed by atoms with van der Waals surface area (Å²) in [6, 6.07) is 5.35. The molecule has 1 aromatic carbocycles. The van der Waals surface area contributed by atoms with E-state index in [1.165, 1.54) is 11.3 Å². The average molecular weight is 379 g/mol. The minimum absolute atomic E-state index is 0.258. The molecule has 1 fully saturated rings. The number of thiazole rings is 1. The number of amides is 1. The summed E-state index contributed by atoms with van der Waals surface area (Å²) in [5.74, 6) is -0.538. The van der Waals surface area contributed by atoms with E-state index in [2.05, 4.69) is 4.99 Å². The van der Waals surface area contributed by atoms with E-state index in [9.17, 15) is 13.2 Å². The van der Waals surface area contributed by atoms with E-state index in [1.54, 1.807) is 36.9 Å². The highest BCUT2D eigenvalue weighted by Crippen LogP contribution is 2.42. The van der Waals surface area contributed by atoms with E-state index in [-0.39, 0.29) is 4.90 Å². The van der Waals surface area contributed by atoms with Crippen molar-refractivity contribution in [2.24, 2.45) is 12.0 Å². The van der Waals surface area contributed by atoms with Crippen molar-refractivity contribution in [1.82, 2.24) is 4.57 Å². The minimum Gasteiger partial charge on any atom is -0.327 e. The third-order valence-electron chi connectivity index (χ3n) is 4.91. The summed E-state index contributed by atoms with van der Waals surface area (Å²) in [5.41, 5.74) is 1.54. The Balaban J connectivity index is 2.17. The van der Waals surface area contributed by atoms with Gasteiger partial charge in [-0.1, -0.05) is 25.0 Å². The highest BCUT2D eigenvalue weighted by Gasteiger charge is 2.53. The predicted octanol–water partition coefficient (Wildman–Crippen LogP) is 2.92. The first-order valence-corrected chi connectivity index (χ1v) is 10.7. The standard InChI is InChI=1S/C18H22N2O3S2/c1-13-6-7-14(2)15(12-13)25(22,23)18(8-4-5-9-18)16(21)19-17-20(3)10-11-24-17/h6-7,10-12H,4-5,8-9H2,1-3H3. The van der Waals surface area contributed by atoms with E-state index >= 15 is 0 Å². The van der Waals surface area contributed by atoms with Crippen molar-refractivity contribution in [2.45, 2.75) is 49.2 Å². The van der Waals surface area contributed by atoms with Crippen LogP contribution in [0.25, 0.3) is 0 Å². The van der Waals surface area contributed by atoms with Crippen LogP contribution in [0.1, 0.15) is 36.8 Å². The van der Waals surface area contributed by atoms with E-state index < -0.39 is 20.5 Å². The van der Waals surface area contributed by atoms with Gasteiger partial charge in [0.1, 0.15) is 0 Å². The predicted molar refractivity (Wildman–Crippen MR) is 98.2 cm³/mol. The Morgan fingerprint density at radius 1 is 1.24 bits per heavy atom. The SMILES string of the molecule is Cc1ccc(C)c(S(=O)(=O)C2(C(=O)N=c3sccn3C)CCCC2)c1. The molecule has 0 bridgehead atoms. The summed E-state index contributed by atoms with van der Waals surface area (Å²) in [4.78, 5) is 18.0. The van der Waals surface area contributed by atoms with Gasteiger partial charge in [0.05, 0.1) is 4.90 Å². The summed E-state index contributed by atoms with van der Waals surface area (Å²) in [6.45, 7) is 3.63. The van der Waals surface area contributed by atoms with Crippen molar-refractivity contribution in [3.8, 4) is 0 Å². The lowest BCUT2D eigenvalue weighted by Crippen LogP contribution is -2.44. The fourth-order valence-corrected chi connectivity index (χ4v) is 6.46. The normalized spacial score (nSPS) is 17.8. The van der Waals surface area contributed by atoms with Gasteiger partial charge in [0.15, 0.2) is 19.4 Å². The number of aromatic nitrogens is 1. The largest absolute Gasteiger partial charge is 0.327 e. The lowest BCUT2D eigenvalue weighted by atomic mass is 10.1. The first-order valence-electron chi connectivity index (χ1n) is 8.29. The van der Waals surface area contributed by atoms with E-state index in [1.807, 2.05) is 18.4 Å². The monoisotopic (exact) mass is 378 g/mol. The Morgan fingerprint density at radius 3 is 2.52 bits per heavy atom. The molecule has 1 aliphatic carbocycles. The highest BCUT2D eigenvalue weighted by molar-refractivity contribution is 7.93. The summed E-state index contributed by atoms with van der Waals surface area (Å²) in [5, 5.41) is 1.83. The third-order valence-corrected chi connectivity index (χ3v) is 8.38. The zero-order valence-corrected chi connectivity index (χ0v) is 16.3. The molecule has 0 unspecified atom stereocenters. The van der Waals surface area contributed by atoms with Crippen LogP contribution in [0.2, 0.25) is 0 Å². The minimum atomic E-state index is -3.82. The summed E-state index contributed by atoms with van der Waals surface area (Å²) in [7, 11) is -2.02. The smallest absolute Gasteiger partial charge is 0.270 e. The van der Waals surface area contributed by atoms with E-state index in [0.717, 1.165) is 18.4 Å². The van der Waals surface area contributed by atoms with Gasteiger partial charge in [0, 0.05) is 18.6 Å². The molecule has 3 rings (SSSR count). The van der Waals surface area contributed by atoms with Gasteiger partial charge in [0.25, 0.3) is 5.91 Å². The molecule has 5 nitrogen and oxygen atoms in total. The quantitative estimate of drug-likeness (QED) is 0.825. The maximum absolute atomic E-state index is 13.5. The van der Waals surface area contributed by atoms with Crippen LogP contribution in [-0.2, 0) is 21.7 Å². The Bertz CT molecular complexity index is 978.